The minimum atomic E-state index is -0.309. The number of carbonyl (C=O) groups excluding carboxylic acids is 1. The molecule has 31 heavy (non-hydrogen) atoms. The molecule has 0 spiro atoms. The van der Waals surface area contributed by atoms with Crippen LogP contribution in [-0.2, 0) is 13.0 Å². The molecule has 4 heteroatoms. The van der Waals surface area contributed by atoms with Gasteiger partial charge in [0.05, 0.1) is 0 Å². The first-order chi connectivity index (χ1) is 15.1. The number of methoxy groups -OCH3 is 1. The number of carbonyl (C=O) groups is 1. The average molecular weight is 474 g/mol. The van der Waals surface area contributed by atoms with E-state index in [1.165, 1.54) is 15.7 Å². The monoisotopic (exact) mass is 475 g/mol. The van der Waals surface area contributed by atoms with E-state index in [4.69, 9.17) is 4.74 Å². The summed E-state index contributed by atoms with van der Waals surface area (Å²) in [5, 5.41) is 1.09. The number of hydrogen-bond acceptors (Lipinski definition) is 2. The molecule has 1 aromatic heterocycles. The summed E-state index contributed by atoms with van der Waals surface area (Å²) in [4.78, 5) is 13.9. The molecule has 3 nitrogen and oxygen atoms in total. The summed E-state index contributed by atoms with van der Waals surface area (Å²) in [6, 6.07) is 27.0. The molecule has 156 valence electrons. The maximum atomic E-state index is 13.9. The molecule has 1 atom stereocenters. The number of fused-ring (bicyclic) bond motifs is 3. The zero-order valence-electron chi connectivity index (χ0n) is 17.8. The number of ketones is 1. The van der Waals surface area contributed by atoms with E-state index in [9.17, 15) is 4.79 Å². The van der Waals surface area contributed by atoms with Gasteiger partial charge >= 0.3 is 189 Å². The summed E-state index contributed by atoms with van der Waals surface area (Å²) in [6.45, 7) is 2.93. The first kappa shape index (κ1) is 20.1. The van der Waals surface area contributed by atoms with Crippen molar-refractivity contribution in [3.63, 3.8) is 0 Å². The van der Waals surface area contributed by atoms with Gasteiger partial charge in [0.25, 0.3) is 0 Å². The Morgan fingerprint density at radius 3 is 2.42 bits per heavy atom. The van der Waals surface area contributed by atoms with E-state index in [-0.39, 0.29) is 19.3 Å². The molecule has 0 saturated heterocycles. The van der Waals surface area contributed by atoms with E-state index in [2.05, 4.69) is 66.1 Å². The van der Waals surface area contributed by atoms with E-state index in [1.54, 1.807) is 7.11 Å². The van der Waals surface area contributed by atoms with E-state index in [1.807, 2.05) is 24.3 Å². The van der Waals surface area contributed by atoms with Gasteiger partial charge in [0, 0.05) is 0 Å². The molecule has 0 radical (unpaired) electrons. The van der Waals surface area contributed by atoms with Crippen molar-refractivity contribution in [2.75, 3.05) is 7.11 Å². The second-order valence-electron chi connectivity index (χ2n) is 8.25. The third-order valence-electron chi connectivity index (χ3n) is 6.21. The standard InChI is InChI=1S/C27H25NO2Se/c1-27(31-21-8-4-3-5-9-21)17-16-24-25(26(27)29)22-10-6-7-11-23(22)28(24)18-19-12-14-20(30-2)15-13-19/h3-15H,16-18H2,1-2H3. The molecule has 0 fully saturated rings. The quantitative estimate of drug-likeness (QED) is 0.380. The van der Waals surface area contributed by atoms with E-state index >= 15 is 0 Å². The number of para-hydroxylation sites is 1. The van der Waals surface area contributed by atoms with Crippen molar-refractivity contribution in [3.05, 3.63) is 95.7 Å². The number of hydrogen-bond donors (Lipinski definition) is 0. The van der Waals surface area contributed by atoms with Crippen molar-refractivity contribution in [2.24, 2.45) is 0 Å². The average Bonchev–Trinajstić information content (AvgIpc) is 3.11. The summed E-state index contributed by atoms with van der Waals surface area (Å²) in [7, 11) is 1.68. The van der Waals surface area contributed by atoms with Crippen LogP contribution in [0.15, 0.2) is 78.9 Å². The molecule has 0 bridgehead atoms. The third-order valence-corrected chi connectivity index (χ3v) is 9.04. The minimum absolute atomic E-state index is 0.0994. The Hall–Kier alpha value is -2.81. The fraction of sp³-hybridized carbons (Fsp3) is 0.222. The van der Waals surface area contributed by atoms with Crippen LogP contribution in [0.5, 0.6) is 5.75 Å². The van der Waals surface area contributed by atoms with Crippen LogP contribution in [0.4, 0.5) is 0 Å². The Morgan fingerprint density at radius 2 is 1.68 bits per heavy atom. The summed E-state index contributed by atoms with van der Waals surface area (Å²) in [5.41, 5.74) is 4.48. The molecule has 4 aromatic rings. The Balaban J connectivity index is 1.56. The molecule has 1 aliphatic rings. The zero-order valence-corrected chi connectivity index (χ0v) is 19.5. The van der Waals surface area contributed by atoms with Gasteiger partial charge in [-0.2, -0.15) is 0 Å². The Kier molecular flexibility index (Phi) is 5.21. The van der Waals surface area contributed by atoms with Crippen molar-refractivity contribution >= 4 is 36.1 Å². The molecule has 5 rings (SSSR count). The van der Waals surface area contributed by atoms with Gasteiger partial charge in [0.1, 0.15) is 0 Å². The number of Topliss-reactive ketones (excluding diaryl/α,β-unsaturated/α-hetero) is 1. The molecule has 0 N–H and O–H groups in total. The third kappa shape index (κ3) is 3.60. The van der Waals surface area contributed by atoms with Crippen LogP contribution >= 0.6 is 0 Å². The van der Waals surface area contributed by atoms with Crippen LogP contribution in [-0.4, -0.2) is 32.4 Å². The molecule has 1 heterocycles. The van der Waals surface area contributed by atoms with Crippen molar-refractivity contribution in [2.45, 2.75) is 30.6 Å². The molecule has 3 aromatic carbocycles. The normalized spacial score (nSPS) is 18.2. The summed E-state index contributed by atoms with van der Waals surface area (Å²) >= 11 is 0.0994. The van der Waals surface area contributed by atoms with Gasteiger partial charge in [-0.1, -0.05) is 0 Å². The topological polar surface area (TPSA) is 31.2 Å². The number of ether oxygens (including phenoxy) is 1. The van der Waals surface area contributed by atoms with Gasteiger partial charge in [-0.25, -0.2) is 0 Å². The first-order valence-corrected chi connectivity index (χ1v) is 12.3. The van der Waals surface area contributed by atoms with Gasteiger partial charge in [-0.15, -0.1) is 0 Å². The predicted octanol–water partition coefficient (Wildman–Crippen LogP) is 5.04. The van der Waals surface area contributed by atoms with Crippen molar-refractivity contribution in [1.29, 1.82) is 0 Å². The van der Waals surface area contributed by atoms with Crippen molar-refractivity contribution in [3.8, 4) is 5.75 Å². The van der Waals surface area contributed by atoms with E-state index in [0.29, 0.717) is 5.78 Å². The fourth-order valence-electron chi connectivity index (χ4n) is 4.54. The second kappa shape index (κ2) is 8.03. The van der Waals surface area contributed by atoms with Crippen LogP contribution in [0.25, 0.3) is 10.9 Å². The Bertz CT molecular complexity index is 1240. The number of benzene rings is 3. The van der Waals surface area contributed by atoms with Gasteiger partial charge < -0.3 is 0 Å². The predicted molar refractivity (Wildman–Crippen MR) is 127 cm³/mol. The summed E-state index contributed by atoms with van der Waals surface area (Å²) in [5.74, 6) is 1.17. The summed E-state index contributed by atoms with van der Waals surface area (Å²) in [6.07, 6.45) is 1.82. The first-order valence-electron chi connectivity index (χ1n) is 10.6. The van der Waals surface area contributed by atoms with Gasteiger partial charge in [0.15, 0.2) is 0 Å². The van der Waals surface area contributed by atoms with Crippen LogP contribution in [0.1, 0.15) is 35.0 Å². The fourth-order valence-corrected chi connectivity index (χ4v) is 7.09. The molecule has 1 aliphatic carbocycles. The maximum absolute atomic E-state index is 13.9. The second-order valence-corrected chi connectivity index (χ2v) is 11.6. The number of aromatic nitrogens is 1. The van der Waals surface area contributed by atoms with Crippen LogP contribution < -0.4 is 9.20 Å². The molecule has 0 saturated carbocycles. The SMILES string of the molecule is COc1ccc(Cn2c3c(c4ccccc42)C(=O)C(C)([Se]c2ccccc2)CC3)cc1. The van der Waals surface area contributed by atoms with Crippen LogP contribution in [0.3, 0.4) is 0 Å². The van der Waals surface area contributed by atoms with E-state index < -0.39 is 0 Å². The summed E-state index contributed by atoms with van der Waals surface area (Å²) < 4.78 is 8.63. The van der Waals surface area contributed by atoms with Crippen molar-refractivity contribution in [1.82, 2.24) is 4.57 Å². The molecule has 0 aliphatic heterocycles. The van der Waals surface area contributed by atoms with Crippen LogP contribution in [0.2, 0.25) is 4.31 Å². The zero-order chi connectivity index (χ0) is 21.4. The van der Waals surface area contributed by atoms with Crippen LogP contribution in [0, 0.1) is 0 Å². The number of rotatable bonds is 5. The molecular weight excluding hydrogens is 449 g/mol. The van der Waals surface area contributed by atoms with Gasteiger partial charge in [-0.3, -0.25) is 0 Å². The number of nitrogens with zero attached hydrogens (tertiary/aromatic N) is 1. The Labute approximate surface area is 189 Å². The molecule has 0 amide bonds. The van der Waals surface area contributed by atoms with Gasteiger partial charge in [0.2, 0.25) is 0 Å². The molecular formula is C27H25NO2Se. The van der Waals surface area contributed by atoms with E-state index in [0.717, 1.165) is 41.6 Å². The van der Waals surface area contributed by atoms with Gasteiger partial charge in [-0.05, 0) is 0 Å². The van der Waals surface area contributed by atoms with Crippen molar-refractivity contribution < 1.29 is 9.53 Å². The molecule has 1 unspecified atom stereocenters. The Morgan fingerprint density at radius 1 is 0.968 bits per heavy atom.